The first-order chi connectivity index (χ1) is 7.24. The molecular weight excluding hydrogens is 305 g/mol. The first kappa shape index (κ1) is 10.7. The summed E-state index contributed by atoms with van der Waals surface area (Å²) < 4.78 is 6.49. The lowest BCUT2D eigenvalue weighted by Crippen LogP contribution is -2.30. The molecule has 2 rings (SSSR count). The molecule has 1 aliphatic carbocycles. The summed E-state index contributed by atoms with van der Waals surface area (Å²) >= 11 is 2.23. The van der Waals surface area contributed by atoms with Crippen LogP contribution >= 0.6 is 22.6 Å². The van der Waals surface area contributed by atoms with Crippen LogP contribution in [0, 0.1) is 3.57 Å². The van der Waals surface area contributed by atoms with Crippen molar-refractivity contribution < 1.29 is 9.53 Å². The van der Waals surface area contributed by atoms with Gasteiger partial charge in [0.2, 0.25) is 0 Å². The van der Waals surface area contributed by atoms with Crippen LogP contribution in [0.25, 0.3) is 0 Å². The van der Waals surface area contributed by atoms with E-state index in [-0.39, 0.29) is 12.5 Å². The highest BCUT2D eigenvalue weighted by Gasteiger charge is 2.23. The van der Waals surface area contributed by atoms with Gasteiger partial charge in [0.25, 0.3) is 5.91 Å². The molecule has 0 atom stereocenters. The summed E-state index contributed by atoms with van der Waals surface area (Å²) in [5, 5.41) is 2.87. The molecule has 3 nitrogen and oxygen atoms in total. The first-order valence-electron chi connectivity index (χ1n) is 4.92. The largest absolute Gasteiger partial charge is 0.484 e. The van der Waals surface area contributed by atoms with Crippen molar-refractivity contribution in [3.8, 4) is 5.75 Å². The van der Waals surface area contributed by atoms with E-state index in [1.807, 2.05) is 24.3 Å². The molecule has 4 heteroatoms. The van der Waals surface area contributed by atoms with Crippen LogP contribution in [0.5, 0.6) is 5.75 Å². The van der Waals surface area contributed by atoms with Gasteiger partial charge in [0.1, 0.15) is 5.75 Å². The molecule has 1 saturated carbocycles. The second-order valence-corrected chi connectivity index (χ2v) is 4.83. The van der Waals surface area contributed by atoms with Gasteiger partial charge in [-0.05, 0) is 59.7 Å². The van der Waals surface area contributed by atoms with E-state index in [2.05, 4.69) is 27.9 Å². The SMILES string of the molecule is O=C(COc1ccc(I)cc1)NC1CC1. The standard InChI is InChI=1S/C11H12INO2/c12-8-1-5-10(6-2-8)15-7-11(14)13-9-3-4-9/h1-2,5-6,9H,3-4,7H2,(H,13,14). The minimum atomic E-state index is -0.0314. The number of benzene rings is 1. The molecule has 0 unspecified atom stereocenters. The molecule has 15 heavy (non-hydrogen) atoms. The third-order valence-corrected chi connectivity index (χ3v) is 2.85. The zero-order chi connectivity index (χ0) is 10.7. The lowest BCUT2D eigenvalue weighted by molar-refractivity contribution is -0.123. The molecule has 1 fully saturated rings. The van der Waals surface area contributed by atoms with Crippen molar-refractivity contribution in [2.75, 3.05) is 6.61 Å². The average molecular weight is 317 g/mol. The van der Waals surface area contributed by atoms with E-state index in [1.165, 1.54) is 0 Å². The number of carbonyl (C=O) groups is 1. The van der Waals surface area contributed by atoms with Gasteiger partial charge in [-0.15, -0.1) is 0 Å². The molecule has 1 N–H and O–H groups in total. The summed E-state index contributed by atoms with van der Waals surface area (Å²) in [6, 6.07) is 8.04. The van der Waals surface area contributed by atoms with Crippen molar-refractivity contribution in [3.05, 3.63) is 27.8 Å². The fraction of sp³-hybridized carbons (Fsp3) is 0.364. The maximum atomic E-state index is 11.3. The normalized spacial score (nSPS) is 14.7. The van der Waals surface area contributed by atoms with Crippen LogP contribution in [-0.2, 0) is 4.79 Å². The van der Waals surface area contributed by atoms with Gasteiger partial charge in [0, 0.05) is 9.61 Å². The summed E-state index contributed by atoms with van der Waals surface area (Å²) in [5.74, 6) is 0.706. The molecule has 0 bridgehead atoms. The highest BCUT2D eigenvalue weighted by Crippen LogP contribution is 2.18. The highest BCUT2D eigenvalue weighted by molar-refractivity contribution is 14.1. The Hall–Kier alpha value is -0.780. The van der Waals surface area contributed by atoms with Crippen LogP contribution in [0.2, 0.25) is 0 Å². The summed E-state index contributed by atoms with van der Waals surface area (Å²) in [4.78, 5) is 11.3. The van der Waals surface area contributed by atoms with Crippen molar-refractivity contribution >= 4 is 28.5 Å². The Morgan fingerprint density at radius 3 is 2.67 bits per heavy atom. The minimum absolute atomic E-state index is 0.0314. The maximum Gasteiger partial charge on any atom is 0.258 e. The zero-order valence-electron chi connectivity index (χ0n) is 8.20. The van der Waals surface area contributed by atoms with Gasteiger partial charge < -0.3 is 10.1 Å². The molecule has 0 spiro atoms. The first-order valence-corrected chi connectivity index (χ1v) is 5.99. The van der Waals surface area contributed by atoms with E-state index in [0.717, 1.165) is 22.2 Å². The summed E-state index contributed by atoms with van der Waals surface area (Å²) in [6.07, 6.45) is 2.21. The van der Waals surface area contributed by atoms with Crippen molar-refractivity contribution in [3.63, 3.8) is 0 Å². The zero-order valence-corrected chi connectivity index (χ0v) is 10.4. The van der Waals surface area contributed by atoms with Crippen molar-refractivity contribution in [1.29, 1.82) is 0 Å². The number of hydrogen-bond acceptors (Lipinski definition) is 2. The Balaban J connectivity index is 1.76. The predicted octanol–water partition coefficient (Wildman–Crippen LogP) is 1.95. The molecule has 1 aromatic carbocycles. The van der Waals surface area contributed by atoms with Crippen molar-refractivity contribution in [2.24, 2.45) is 0 Å². The number of amides is 1. The molecule has 80 valence electrons. The molecule has 0 saturated heterocycles. The number of nitrogens with one attached hydrogen (secondary N) is 1. The molecule has 1 aliphatic rings. The Bertz CT molecular complexity index is 346. The number of ether oxygens (including phenoxy) is 1. The Morgan fingerprint density at radius 1 is 1.40 bits per heavy atom. The highest BCUT2D eigenvalue weighted by atomic mass is 127. The van der Waals surface area contributed by atoms with E-state index in [9.17, 15) is 4.79 Å². The molecular formula is C11H12INO2. The third kappa shape index (κ3) is 3.70. The van der Waals surface area contributed by atoms with Crippen molar-refractivity contribution in [2.45, 2.75) is 18.9 Å². The van der Waals surface area contributed by atoms with Gasteiger partial charge in [-0.3, -0.25) is 4.79 Å². The van der Waals surface area contributed by atoms with Crippen molar-refractivity contribution in [1.82, 2.24) is 5.32 Å². The molecule has 0 aromatic heterocycles. The van der Waals surface area contributed by atoms with Gasteiger partial charge in [0.15, 0.2) is 6.61 Å². The van der Waals surface area contributed by atoms with Gasteiger partial charge in [-0.2, -0.15) is 0 Å². The number of carbonyl (C=O) groups excluding carboxylic acids is 1. The fourth-order valence-electron chi connectivity index (χ4n) is 1.18. The molecule has 1 aromatic rings. The smallest absolute Gasteiger partial charge is 0.258 e. The van der Waals surface area contributed by atoms with Gasteiger partial charge in [0.05, 0.1) is 0 Å². The molecule has 0 heterocycles. The Labute approximate surface area is 102 Å². The van der Waals surface area contributed by atoms with E-state index in [1.54, 1.807) is 0 Å². The lowest BCUT2D eigenvalue weighted by Gasteiger charge is -2.06. The fourth-order valence-corrected chi connectivity index (χ4v) is 1.54. The second kappa shape index (κ2) is 4.83. The minimum Gasteiger partial charge on any atom is -0.484 e. The van der Waals surface area contributed by atoms with Gasteiger partial charge in [-0.25, -0.2) is 0 Å². The quantitative estimate of drug-likeness (QED) is 0.862. The molecule has 0 radical (unpaired) electrons. The second-order valence-electron chi connectivity index (χ2n) is 3.58. The van der Waals surface area contributed by atoms with E-state index in [4.69, 9.17) is 4.74 Å². The number of hydrogen-bond donors (Lipinski definition) is 1. The van der Waals surface area contributed by atoms with E-state index < -0.39 is 0 Å². The average Bonchev–Trinajstić information content (AvgIpc) is 3.01. The summed E-state index contributed by atoms with van der Waals surface area (Å²) in [6.45, 7) is 0.108. The maximum absolute atomic E-state index is 11.3. The van der Waals surface area contributed by atoms with Crippen LogP contribution in [0.15, 0.2) is 24.3 Å². The van der Waals surface area contributed by atoms with Crippen LogP contribution in [0.1, 0.15) is 12.8 Å². The van der Waals surface area contributed by atoms with Crippen LogP contribution in [0.4, 0.5) is 0 Å². The lowest BCUT2D eigenvalue weighted by atomic mass is 10.3. The predicted molar refractivity (Wildman–Crippen MR) is 65.8 cm³/mol. The van der Waals surface area contributed by atoms with Gasteiger partial charge in [-0.1, -0.05) is 0 Å². The van der Waals surface area contributed by atoms with Crippen LogP contribution < -0.4 is 10.1 Å². The Kier molecular flexibility index (Phi) is 3.45. The summed E-state index contributed by atoms with van der Waals surface area (Å²) in [7, 11) is 0. The van der Waals surface area contributed by atoms with E-state index in [0.29, 0.717) is 6.04 Å². The van der Waals surface area contributed by atoms with Gasteiger partial charge >= 0.3 is 0 Å². The number of rotatable bonds is 4. The Morgan fingerprint density at radius 2 is 2.07 bits per heavy atom. The third-order valence-electron chi connectivity index (χ3n) is 2.13. The topological polar surface area (TPSA) is 38.3 Å². The van der Waals surface area contributed by atoms with E-state index >= 15 is 0 Å². The van der Waals surface area contributed by atoms with Crippen LogP contribution in [-0.4, -0.2) is 18.6 Å². The monoisotopic (exact) mass is 317 g/mol. The van der Waals surface area contributed by atoms with Crippen LogP contribution in [0.3, 0.4) is 0 Å². The summed E-state index contributed by atoms with van der Waals surface area (Å²) in [5.41, 5.74) is 0. The molecule has 1 amide bonds. The molecule has 0 aliphatic heterocycles. The number of halogens is 1.